The molecular weight excluding hydrogens is 220 g/mol. The average Bonchev–Trinajstić information content (AvgIpc) is 2.26. The van der Waals surface area contributed by atoms with E-state index in [0.29, 0.717) is 13.0 Å². The quantitative estimate of drug-likeness (QED) is 0.736. The number of carbonyl (C=O) groups is 1. The van der Waals surface area contributed by atoms with Gasteiger partial charge >= 0.3 is 0 Å². The Morgan fingerprint density at radius 1 is 1.65 bits per heavy atom. The molecule has 0 aromatic carbocycles. The van der Waals surface area contributed by atoms with E-state index in [1.54, 1.807) is 6.07 Å². The number of nitriles is 1. The second-order valence-corrected chi connectivity index (χ2v) is 5.01. The number of ether oxygens (including phenoxy) is 1. The highest BCUT2D eigenvalue weighted by molar-refractivity contribution is 5.78. The fraction of sp³-hybridized carbons (Fsp3) is 0.833. The number of amides is 1. The molecule has 1 amide bonds. The van der Waals surface area contributed by atoms with Gasteiger partial charge in [-0.05, 0) is 6.92 Å². The molecule has 17 heavy (non-hydrogen) atoms. The van der Waals surface area contributed by atoms with Crippen molar-refractivity contribution >= 4 is 5.91 Å². The van der Waals surface area contributed by atoms with Gasteiger partial charge in [-0.2, -0.15) is 5.26 Å². The van der Waals surface area contributed by atoms with Crippen molar-refractivity contribution in [3.05, 3.63) is 0 Å². The largest absolute Gasteiger partial charge is 0.387 e. The first-order valence-electron chi connectivity index (χ1n) is 5.85. The second kappa shape index (κ2) is 5.03. The summed E-state index contributed by atoms with van der Waals surface area (Å²) in [7, 11) is 0. The fourth-order valence-electron chi connectivity index (χ4n) is 2.14. The third kappa shape index (κ3) is 2.59. The number of hydrogen-bond acceptors (Lipinski definition) is 4. The fourth-order valence-corrected chi connectivity index (χ4v) is 2.14. The Morgan fingerprint density at radius 3 is 2.76 bits per heavy atom. The highest BCUT2D eigenvalue weighted by atomic mass is 16.5. The van der Waals surface area contributed by atoms with Crippen molar-refractivity contribution in [1.29, 1.82) is 5.26 Å². The first-order valence-corrected chi connectivity index (χ1v) is 5.85. The van der Waals surface area contributed by atoms with E-state index in [9.17, 15) is 9.90 Å². The van der Waals surface area contributed by atoms with Gasteiger partial charge in [0, 0.05) is 25.0 Å². The SMILES string of the molecule is CCO[C@@H]1C[C@@](O)(CNC(=O)CC#N)C1(C)C. The van der Waals surface area contributed by atoms with Crippen LogP contribution in [0.25, 0.3) is 0 Å². The maximum atomic E-state index is 11.2. The van der Waals surface area contributed by atoms with Crippen LogP contribution in [0.2, 0.25) is 0 Å². The van der Waals surface area contributed by atoms with E-state index < -0.39 is 5.60 Å². The topological polar surface area (TPSA) is 82.3 Å². The normalized spacial score (nSPS) is 30.2. The molecule has 0 heterocycles. The number of nitrogens with one attached hydrogen (secondary N) is 1. The minimum absolute atomic E-state index is 0.0189. The highest BCUT2D eigenvalue weighted by Gasteiger charge is 2.59. The summed E-state index contributed by atoms with van der Waals surface area (Å²) in [4.78, 5) is 11.2. The summed E-state index contributed by atoms with van der Waals surface area (Å²) in [6, 6.07) is 1.77. The van der Waals surface area contributed by atoms with Gasteiger partial charge in [-0.15, -0.1) is 0 Å². The summed E-state index contributed by atoms with van der Waals surface area (Å²) in [5.74, 6) is -0.350. The monoisotopic (exact) mass is 240 g/mol. The summed E-state index contributed by atoms with van der Waals surface area (Å²) >= 11 is 0. The number of carbonyl (C=O) groups excluding carboxylic acids is 1. The first kappa shape index (κ1) is 13.9. The van der Waals surface area contributed by atoms with E-state index in [-0.39, 0.29) is 30.4 Å². The molecule has 0 aromatic heterocycles. The smallest absolute Gasteiger partial charge is 0.234 e. The average molecular weight is 240 g/mol. The molecule has 0 spiro atoms. The van der Waals surface area contributed by atoms with Crippen LogP contribution < -0.4 is 5.32 Å². The Balaban J connectivity index is 2.49. The lowest BCUT2D eigenvalue weighted by Gasteiger charge is -2.57. The Kier molecular flexibility index (Phi) is 4.12. The van der Waals surface area contributed by atoms with Crippen molar-refractivity contribution in [2.24, 2.45) is 5.41 Å². The molecule has 2 atom stereocenters. The minimum atomic E-state index is -0.946. The molecule has 0 saturated heterocycles. The van der Waals surface area contributed by atoms with Gasteiger partial charge in [0.1, 0.15) is 6.42 Å². The maximum absolute atomic E-state index is 11.2. The van der Waals surface area contributed by atoms with E-state index in [1.165, 1.54) is 0 Å². The Morgan fingerprint density at radius 2 is 2.29 bits per heavy atom. The van der Waals surface area contributed by atoms with Crippen LogP contribution in [0, 0.1) is 16.7 Å². The Bertz CT molecular complexity index is 335. The van der Waals surface area contributed by atoms with Crippen molar-refractivity contribution in [2.45, 2.75) is 45.3 Å². The molecule has 5 nitrogen and oxygen atoms in total. The molecule has 1 rings (SSSR count). The Hall–Kier alpha value is -1.12. The number of hydrogen-bond donors (Lipinski definition) is 2. The van der Waals surface area contributed by atoms with Gasteiger partial charge in [-0.1, -0.05) is 13.8 Å². The van der Waals surface area contributed by atoms with Crippen molar-refractivity contribution in [3.8, 4) is 6.07 Å². The van der Waals surface area contributed by atoms with Crippen LogP contribution in [-0.4, -0.2) is 35.9 Å². The lowest BCUT2D eigenvalue weighted by molar-refractivity contribution is -0.238. The van der Waals surface area contributed by atoms with Gasteiger partial charge in [-0.25, -0.2) is 0 Å². The minimum Gasteiger partial charge on any atom is -0.387 e. The second-order valence-electron chi connectivity index (χ2n) is 5.01. The molecule has 0 unspecified atom stereocenters. The van der Waals surface area contributed by atoms with Crippen molar-refractivity contribution in [2.75, 3.05) is 13.2 Å². The molecular formula is C12H20N2O3. The van der Waals surface area contributed by atoms with E-state index in [1.807, 2.05) is 20.8 Å². The van der Waals surface area contributed by atoms with Gasteiger partial charge in [0.05, 0.1) is 17.8 Å². The predicted octanol–water partition coefficient (Wildman–Crippen LogP) is 0.582. The van der Waals surface area contributed by atoms with Gasteiger partial charge in [-0.3, -0.25) is 4.79 Å². The number of aliphatic hydroxyl groups is 1. The third-order valence-corrected chi connectivity index (χ3v) is 3.71. The van der Waals surface area contributed by atoms with E-state index in [0.717, 1.165) is 0 Å². The van der Waals surface area contributed by atoms with Gasteiger partial charge in [0.2, 0.25) is 5.91 Å². The standard InChI is InChI=1S/C12H20N2O3/c1-4-17-9-7-12(16,11(9,2)3)8-14-10(15)5-6-13/h9,16H,4-5,7-8H2,1-3H3,(H,14,15)/t9-,12-/m1/s1. The van der Waals surface area contributed by atoms with E-state index >= 15 is 0 Å². The molecule has 0 bridgehead atoms. The van der Waals surface area contributed by atoms with Crippen molar-refractivity contribution < 1.29 is 14.6 Å². The molecule has 5 heteroatoms. The molecule has 0 aromatic rings. The molecule has 0 aliphatic heterocycles. The van der Waals surface area contributed by atoms with E-state index in [4.69, 9.17) is 10.00 Å². The van der Waals surface area contributed by atoms with Crippen LogP contribution in [-0.2, 0) is 9.53 Å². The molecule has 1 fully saturated rings. The van der Waals surface area contributed by atoms with Gasteiger partial charge in [0.25, 0.3) is 0 Å². The highest BCUT2D eigenvalue weighted by Crippen LogP contribution is 2.50. The molecule has 0 radical (unpaired) electrons. The van der Waals surface area contributed by atoms with Crippen LogP contribution in [0.1, 0.15) is 33.6 Å². The van der Waals surface area contributed by atoms with Crippen LogP contribution in [0.3, 0.4) is 0 Å². The summed E-state index contributed by atoms with van der Waals surface area (Å²) in [5.41, 5.74) is -1.33. The lowest BCUT2D eigenvalue weighted by Crippen LogP contribution is -2.68. The Labute approximate surface area is 102 Å². The van der Waals surface area contributed by atoms with Crippen molar-refractivity contribution in [1.82, 2.24) is 5.32 Å². The zero-order valence-electron chi connectivity index (χ0n) is 10.6. The summed E-state index contributed by atoms with van der Waals surface area (Å²) in [6.45, 7) is 6.55. The van der Waals surface area contributed by atoms with Crippen LogP contribution in [0.5, 0.6) is 0 Å². The summed E-state index contributed by atoms with van der Waals surface area (Å²) in [5, 5.41) is 21.3. The first-order chi connectivity index (χ1) is 7.87. The summed E-state index contributed by atoms with van der Waals surface area (Å²) in [6.07, 6.45) is 0.358. The lowest BCUT2D eigenvalue weighted by atomic mass is 9.56. The molecule has 1 aliphatic rings. The molecule has 2 N–H and O–H groups in total. The summed E-state index contributed by atoms with van der Waals surface area (Å²) < 4.78 is 5.52. The van der Waals surface area contributed by atoms with Crippen LogP contribution >= 0.6 is 0 Å². The molecule has 1 aliphatic carbocycles. The van der Waals surface area contributed by atoms with Gasteiger partial charge in [0.15, 0.2) is 0 Å². The van der Waals surface area contributed by atoms with Crippen LogP contribution in [0.4, 0.5) is 0 Å². The molecule has 96 valence electrons. The maximum Gasteiger partial charge on any atom is 0.234 e. The zero-order valence-corrected chi connectivity index (χ0v) is 10.6. The van der Waals surface area contributed by atoms with Gasteiger partial charge < -0.3 is 15.2 Å². The third-order valence-electron chi connectivity index (χ3n) is 3.71. The molecule has 1 saturated carbocycles. The van der Waals surface area contributed by atoms with E-state index in [2.05, 4.69) is 5.32 Å². The zero-order chi connectivity index (χ0) is 13.1. The number of rotatable bonds is 5. The van der Waals surface area contributed by atoms with Crippen LogP contribution in [0.15, 0.2) is 0 Å². The predicted molar refractivity (Wildman–Crippen MR) is 62.0 cm³/mol. The van der Waals surface area contributed by atoms with Crippen molar-refractivity contribution in [3.63, 3.8) is 0 Å². The number of nitrogens with zero attached hydrogens (tertiary/aromatic N) is 1.